The van der Waals surface area contributed by atoms with Gasteiger partial charge in [-0.15, -0.1) is 0 Å². The van der Waals surface area contributed by atoms with Crippen LogP contribution >= 0.6 is 0 Å². The molecule has 1 aromatic carbocycles. The van der Waals surface area contributed by atoms with Crippen LogP contribution in [-0.4, -0.2) is 12.0 Å². The molecule has 1 rings (SSSR count). The lowest BCUT2D eigenvalue weighted by molar-refractivity contribution is 0.563. The zero-order valence-corrected chi connectivity index (χ0v) is 16.3. The van der Waals surface area contributed by atoms with Crippen molar-refractivity contribution in [1.82, 2.24) is 0 Å². The minimum atomic E-state index is 0.410. The normalized spacial score (nSPS) is 13.7. The summed E-state index contributed by atoms with van der Waals surface area (Å²) in [5.41, 5.74) is 1.43. The highest BCUT2D eigenvalue weighted by Gasteiger charge is 2.23. The lowest BCUT2D eigenvalue weighted by Crippen LogP contribution is -2.14. The van der Waals surface area contributed by atoms with E-state index >= 15 is 0 Å². The van der Waals surface area contributed by atoms with E-state index in [1.807, 2.05) is 0 Å². The molecule has 0 heterocycles. The predicted octanol–water partition coefficient (Wildman–Crippen LogP) is 7.08. The maximum Gasteiger partial charge on any atom is 0.160 e. The van der Waals surface area contributed by atoms with E-state index in [-0.39, 0.29) is 0 Å². The second-order valence-electron chi connectivity index (χ2n) is 6.64. The Labute approximate surface area is 148 Å². The molecule has 23 heavy (non-hydrogen) atoms. The van der Waals surface area contributed by atoms with Crippen LogP contribution in [-0.2, 0) is 10.9 Å². The molecule has 1 heteroatoms. The lowest BCUT2D eigenvalue weighted by atomic mass is 10.1. The number of hydrogen-bond acceptors (Lipinski definition) is 0. The SMILES string of the molecule is C=CC(c1ccccc1)[S+](C)CCCCCCCCCCCC. The summed E-state index contributed by atoms with van der Waals surface area (Å²) in [7, 11) is 0.410. The fourth-order valence-electron chi connectivity index (χ4n) is 3.12. The quantitative estimate of drug-likeness (QED) is 0.194. The number of unbranched alkanes of at least 4 members (excludes halogenated alkanes) is 9. The first-order valence-corrected chi connectivity index (χ1v) is 11.4. The van der Waals surface area contributed by atoms with Crippen LogP contribution in [0.2, 0.25) is 0 Å². The zero-order valence-electron chi connectivity index (χ0n) is 15.4. The molecule has 0 saturated carbocycles. The van der Waals surface area contributed by atoms with E-state index in [0.29, 0.717) is 16.1 Å². The largest absolute Gasteiger partial charge is 0.160 e. The molecule has 0 aliphatic heterocycles. The van der Waals surface area contributed by atoms with Gasteiger partial charge in [-0.2, -0.15) is 0 Å². The van der Waals surface area contributed by atoms with Crippen LogP contribution < -0.4 is 0 Å². The molecule has 0 aliphatic carbocycles. The highest BCUT2D eigenvalue weighted by molar-refractivity contribution is 7.96. The Kier molecular flexibility index (Phi) is 12.1. The van der Waals surface area contributed by atoms with E-state index in [1.165, 1.54) is 75.5 Å². The van der Waals surface area contributed by atoms with E-state index < -0.39 is 0 Å². The van der Waals surface area contributed by atoms with Gasteiger partial charge in [0, 0.05) is 5.56 Å². The van der Waals surface area contributed by atoms with Crippen molar-refractivity contribution in [2.24, 2.45) is 0 Å². The van der Waals surface area contributed by atoms with Crippen molar-refractivity contribution < 1.29 is 0 Å². The highest BCUT2D eigenvalue weighted by atomic mass is 32.2. The van der Waals surface area contributed by atoms with Crippen molar-refractivity contribution in [3.8, 4) is 0 Å². The smallest absolute Gasteiger partial charge is 0.0978 e. The van der Waals surface area contributed by atoms with Gasteiger partial charge in [0.05, 0.1) is 6.26 Å². The number of rotatable bonds is 14. The van der Waals surface area contributed by atoms with Crippen LogP contribution in [0.25, 0.3) is 0 Å². The Bertz CT molecular complexity index is 384. The van der Waals surface area contributed by atoms with Gasteiger partial charge in [0.2, 0.25) is 0 Å². The van der Waals surface area contributed by atoms with E-state index in [9.17, 15) is 0 Å². The Balaban J connectivity index is 2.07. The summed E-state index contributed by atoms with van der Waals surface area (Å²) in [6.45, 7) is 6.35. The molecule has 1 aromatic rings. The molecule has 0 nitrogen and oxygen atoms in total. The first-order chi connectivity index (χ1) is 11.3. The lowest BCUT2D eigenvalue weighted by Gasteiger charge is -2.13. The molecule has 0 amide bonds. The first-order valence-electron chi connectivity index (χ1n) is 9.58. The summed E-state index contributed by atoms with van der Waals surface area (Å²) >= 11 is 0. The third kappa shape index (κ3) is 9.25. The van der Waals surface area contributed by atoms with Crippen molar-refractivity contribution in [2.75, 3.05) is 12.0 Å². The van der Waals surface area contributed by atoms with Crippen molar-refractivity contribution in [3.05, 3.63) is 48.6 Å². The maximum atomic E-state index is 4.06. The van der Waals surface area contributed by atoms with Crippen molar-refractivity contribution in [3.63, 3.8) is 0 Å². The standard InChI is InChI=1S/C22H37S/c1-4-6-7-8-9-10-11-12-13-17-20-23(3)22(5-2)21-18-15-14-16-19-21/h5,14-16,18-19,22H,2,4,6-13,17,20H2,1,3H3/q+1. The van der Waals surface area contributed by atoms with E-state index in [4.69, 9.17) is 0 Å². The van der Waals surface area contributed by atoms with Gasteiger partial charge < -0.3 is 0 Å². The molecule has 0 bridgehead atoms. The summed E-state index contributed by atoms with van der Waals surface area (Å²) in [5.74, 6) is 1.35. The molecule has 0 spiro atoms. The average molecular weight is 334 g/mol. The second-order valence-corrected chi connectivity index (χ2v) is 8.94. The fraction of sp³-hybridized carbons (Fsp3) is 0.636. The van der Waals surface area contributed by atoms with Crippen molar-refractivity contribution in [2.45, 2.75) is 76.4 Å². The Morgan fingerprint density at radius 3 is 1.91 bits per heavy atom. The first kappa shape index (κ1) is 20.4. The monoisotopic (exact) mass is 333 g/mol. The van der Waals surface area contributed by atoms with Gasteiger partial charge in [0.1, 0.15) is 5.75 Å². The van der Waals surface area contributed by atoms with Gasteiger partial charge in [-0.3, -0.25) is 0 Å². The predicted molar refractivity (Wildman–Crippen MR) is 109 cm³/mol. The van der Waals surface area contributed by atoms with E-state index in [2.05, 4.69) is 56.2 Å². The van der Waals surface area contributed by atoms with Gasteiger partial charge in [0.15, 0.2) is 5.25 Å². The zero-order chi connectivity index (χ0) is 16.8. The molecule has 2 unspecified atom stereocenters. The highest BCUT2D eigenvalue weighted by Crippen LogP contribution is 2.25. The van der Waals surface area contributed by atoms with Crippen LogP contribution in [0.3, 0.4) is 0 Å². The maximum absolute atomic E-state index is 4.06. The second kappa shape index (κ2) is 13.7. The molecule has 0 saturated heterocycles. The fourth-order valence-corrected chi connectivity index (χ4v) is 4.98. The summed E-state index contributed by atoms with van der Waals surface area (Å²) in [5, 5.41) is 0.537. The number of hydrogen-bond donors (Lipinski definition) is 0. The Morgan fingerprint density at radius 2 is 1.39 bits per heavy atom. The molecular formula is C22H37S+. The van der Waals surface area contributed by atoms with Crippen LogP contribution in [0, 0.1) is 0 Å². The molecule has 0 N–H and O–H groups in total. The van der Waals surface area contributed by atoms with Crippen LogP contribution in [0.1, 0.15) is 81.9 Å². The Morgan fingerprint density at radius 1 is 0.870 bits per heavy atom. The average Bonchev–Trinajstić information content (AvgIpc) is 2.58. The van der Waals surface area contributed by atoms with E-state index in [1.54, 1.807) is 0 Å². The van der Waals surface area contributed by atoms with Crippen LogP contribution in [0.4, 0.5) is 0 Å². The van der Waals surface area contributed by atoms with Crippen molar-refractivity contribution >= 4 is 10.9 Å². The van der Waals surface area contributed by atoms with Gasteiger partial charge in [-0.25, -0.2) is 0 Å². The third-order valence-corrected chi connectivity index (χ3v) is 6.86. The molecule has 130 valence electrons. The van der Waals surface area contributed by atoms with Gasteiger partial charge >= 0.3 is 0 Å². The number of benzene rings is 1. The summed E-state index contributed by atoms with van der Waals surface area (Å²) in [6.07, 6.45) is 18.8. The molecule has 0 aliphatic rings. The summed E-state index contributed by atoms with van der Waals surface area (Å²) in [6, 6.07) is 10.9. The molecule has 2 atom stereocenters. The topological polar surface area (TPSA) is 0 Å². The van der Waals surface area contributed by atoms with E-state index in [0.717, 1.165) is 0 Å². The minimum Gasteiger partial charge on any atom is -0.0978 e. The molecule has 0 fully saturated rings. The van der Waals surface area contributed by atoms with Crippen molar-refractivity contribution in [1.29, 1.82) is 0 Å². The van der Waals surface area contributed by atoms with Crippen LogP contribution in [0.5, 0.6) is 0 Å². The van der Waals surface area contributed by atoms with Gasteiger partial charge in [-0.1, -0.05) is 95.2 Å². The minimum absolute atomic E-state index is 0.410. The molecular weight excluding hydrogens is 296 g/mol. The summed E-state index contributed by atoms with van der Waals surface area (Å²) in [4.78, 5) is 0. The van der Waals surface area contributed by atoms with Gasteiger partial charge in [0.25, 0.3) is 0 Å². The van der Waals surface area contributed by atoms with Gasteiger partial charge in [-0.05, 0) is 29.8 Å². The Hall–Kier alpha value is -0.690. The molecule has 0 aromatic heterocycles. The summed E-state index contributed by atoms with van der Waals surface area (Å²) < 4.78 is 0. The third-order valence-electron chi connectivity index (χ3n) is 4.60. The molecule has 0 radical (unpaired) electrons. The van der Waals surface area contributed by atoms with Crippen LogP contribution in [0.15, 0.2) is 43.0 Å².